The molecule has 1 aromatic carbocycles. The second kappa shape index (κ2) is 7.34. The summed E-state index contributed by atoms with van der Waals surface area (Å²) in [5, 5.41) is 18.1. The highest BCUT2D eigenvalue weighted by Gasteiger charge is 2.18. The predicted octanol–water partition coefficient (Wildman–Crippen LogP) is 2.31. The van der Waals surface area contributed by atoms with Crippen LogP contribution in [0.5, 0.6) is 0 Å². The molecule has 3 nitrogen and oxygen atoms in total. The average molecular weight is 255 g/mol. The summed E-state index contributed by atoms with van der Waals surface area (Å²) >= 11 is 0. The van der Waals surface area contributed by atoms with Crippen LogP contribution in [0.3, 0.4) is 0 Å². The van der Waals surface area contributed by atoms with Gasteiger partial charge in [-0.2, -0.15) is 0 Å². The van der Waals surface area contributed by atoms with E-state index < -0.39 is 0 Å². The monoisotopic (exact) mass is 255 g/mol. The highest BCUT2D eigenvalue weighted by atomic mass is 19.1. The molecule has 4 heteroatoms. The first kappa shape index (κ1) is 14.9. The quantitative estimate of drug-likeness (QED) is 0.785. The van der Waals surface area contributed by atoms with Crippen molar-refractivity contribution in [2.45, 2.75) is 39.3 Å². The van der Waals surface area contributed by atoms with Gasteiger partial charge in [-0.15, -0.1) is 0 Å². The Hall–Kier alpha value is -1.13. The molecule has 18 heavy (non-hydrogen) atoms. The van der Waals surface area contributed by atoms with E-state index in [-0.39, 0.29) is 25.1 Å². The number of aliphatic hydroxyl groups excluding tert-OH is 2. The summed E-state index contributed by atoms with van der Waals surface area (Å²) in [5.74, 6) is -0.345. The molecule has 1 rings (SSSR count). The van der Waals surface area contributed by atoms with Gasteiger partial charge in [0.25, 0.3) is 0 Å². The molecule has 0 aliphatic rings. The fourth-order valence-electron chi connectivity index (χ4n) is 2.22. The topological polar surface area (TPSA) is 43.7 Å². The summed E-state index contributed by atoms with van der Waals surface area (Å²) in [5.41, 5.74) is 1.06. The molecule has 2 N–H and O–H groups in total. The van der Waals surface area contributed by atoms with Gasteiger partial charge in [0, 0.05) is 12.6 Å². The van der Waals surface area contributed by atoms with Crippen molar-refractivity contribution in [3.63, 3.8) is 0 Å². The Kier molecular flexibility index (Phi) is 6.09. The SMILES string of the molecule is CCC(CC)N(CCO)c1ccc(CO)cc1F. The number of anilines is 1. The predicted molar refractivity (Wildman–Crippen MR) is 71.1 cm³/mol. The van der Waals surface area contributed by atoms with Crippen molar-refractivity contribution < 1.29 is 14.6 Å². The minimum Gasteiger partial charge on any atom is -0.395 e. The molecular weight excluding hydrogens is 233 g/mol. The molecule has 0 radical (unpaired) electrons. The van der Waals surface area contributed by atoms with E-state index >= 15 is 0 Å². The van der Waals surface area contributed by atoms with Gasteiger partial charge in [-0.05, 0) is 30.5 Å². The van der Waals surface area contributed by atoms with Crippen LogP contribution in [-0.4, -0.2) is 29.4 Å². The smallest absolute Gasteiger partial charge is 0.146 e. The number of halogens is 1. The molecular formula is C14H22FNO2. The lowest BCUT2D eigenvalue weighted by Gasteiger charge is -2.32. The van der Waals surface area contributed by atoms with E-state index in [0.29, 0.717) is 17.8 Å². The highest BCUT2D eigenvalue weighted by Crippen LogP contribution is 2.24. The van der Waals surface area contributed by atoms with Crippen LogP contribution < -0.4 is 4.90 Å². The van der Waals surface area contributed by atoms with Gasteiger partial charge < -0.3 is 15.1 Å². The van der Waals surface area contributed by atoms with Crippen LogP contribution >= 0.6 is 0 Å². The van der Waals surface area contributed by atoms with E-state index in [1.165, 1.54) is 6.07 Å². The van der Waals surface area contributed by atoms with Crippen LogP contribution in [0.2, 0.25) is 0 Å². The molecule has 0 unspecified atom stereocenters. The van der Waals surface area contributed by atoms with Gasteiger partial charge in [-0.25, -0.2) is 4.39 Å². The Morgan fingerprint density at radius 1 is 1.22 bits per heavy atom. The number of aliphatic hydroxyl groups is 2. The molecule has 0 aliphatic carbocycles. The van der Waals surface area contributed by atoms with E-state index in [9.17, 15) is 4.39 Å². The van der Waals surface area contributed by atoms with Crippen molar-refractivity contribution >= 4 is 5.69 Å². The Labute approximate surface area is 108 Å². The largest absolute Gasteiger partial charge is 0.395 e. The van der Waals surface area contributed by atoms with Crippen molar-refractivity contribution in [2.75, 3.05) is 18.1 Å². The summed E-state index contributed by atoms with van der Waals surface area (Å²) in [6.45, 7) is 4.36. The standard InChI is InChI=1S/C14H22FNO2/c1-3-12(4-2)16(7-8-17)14-6-5-11(10-18)9-13(14)15/h5-6,9,12,17-18H,3-4,7-8,10H2,1-2H3. The number of benzene rings is 1. The Bertz CT molecular complexity index is 367. The van der Waals surface area contributed by atoms with Crippen molar-refractivity contribution in [3.05, 3.63) is 29.6 Å². The van der Waals surface area contributed by atoms with Gasteiger partial charge >= 0.3 is 0 Å². The molecule has 0 bridgehead atoms. The molecule has 0 spiro atoms. The molecule has 0 aromatic heterocycles. The van der Waals surface area contributed by atoms with Crippen LogP contribution in [0.1, 0.15) is 32.3 Å². The van der Waals surface area contributed by atoms with Crippen LogP contribution in [0.4, 0.5) is 10.1 Å². The first-order chi connectivity index (χ1) is 8.67. The number of hydrogen-bond acceptors (Lipinski definition) is 3. The lowest BCUT2D eigenvalue weighted by molar-refractivity contribution is 0.281. The summed E-state index contributed by atoms with van der Waals surface area (Å²) < 4.78 is 14.0. The molecule has 102 valence electrons. The maximum absolute atomic E-state index is 14.0. The normalized spacial score (nSPS) is 11.0. The Balaban J connectivity index is 3.04. The van der Waals surface area contributed by atoms with Crippen LogP contribution in [-0.2, 0) is 6.61 Å². The van der Waals surface area contributed by atoms with Crippen LogP contribution in [0.25, 0.3) is 0 Å². The minimum absolute atomic E-state index is 0.00229. The second-order valence-electron chi connectivity index (χ2n) is 4.33. The number of rotatable bonds is 7. The third-order valence-corrected chi connectivity index (χ3v) is 3.23. The molecule has 0 saturated carbocycles. The molecule has 0 saturated heterocycles. The van der Waals surface area contributed by atoms with Gasteiger partial charge in [0.05, 0.1) is 18.9 Å². The summed E-state index contributed by atoms with van der Waals surface area (Å²) in [6, 6.07) is 4.95. The van der Waals surface area contributed by atoms with E-state index in [2.05, 4.69) is 13.8 Å². The molecule has 1 aromatic rings. The zero-order valence-corrected chi connectivity index (χ0v) is 11.1. The zero-order valence-electron chi connectivity index (χ0n) is 11.1. The van der Waals surface area contributed by atoms with Crippen molar-refractivity contribution in [1.29, 1.82) is 0 Å². The third kappa shape index (κ3) is 3.43. The van der Waals surface area contributed by atoms with E-state index in [4.69, 9.17) is 10.2 Å². The fourth-order valence-corrected chi connectivity index (χ4v) is 2.22. The summed E-state index contributed by atoms with van der Waals surface area (Å²) in [4.78, 5) is 1.90. The van der Waals surface area contributed by atoms with E-state index in [0.717, 1.165) is 12.8 Å². The van der Waals surface area contributed by atoms with Gasteiger partial charge in [0.15, 0.2) is 0 Å². The first-order valence-corrected chi connectivity index (χ1v) is 6.44. The maximum Gasteiger partial charge on any atom is 0.146 e. The Morgan fingerprint density at radius 2 is 1.89 bits per heavy atom. The lowest BCUT2D eigenvalue weighted by Crippen LogP contribution is -2.37. The van der Waals surface area contributed by atoms with E-state index in [1.54, 1.807) is 12.1 Å². The average Bonchev–Trinajstić information content (AvgIpc) is 2.39. The third-order valence-electron chi connectivity index (χ3n) is 3.23. The van der Waals surface area contributed by atoms with E-state index in [1.807, 2.05) is 4.90 Å². The molecule has 0 amide bonds. The van der Waals surface area contributed by atoms with Gasteiger partial charge in [-0.3, -0.25) is 0 Å². The number of nitrogens with zero attached hydrogens (tertiary/aromatic N) is 1. The lowest BCUT2D eigenvalue weighted by atomic mass is 10.1. The molecule has 0 heterocycles. The second-order valence-corrected chi connectivity index (χ2v) is 4.33. The first-order valence-electron chi connectivity index (χ1n) is 6.44. The van der Waals surface area contributed by atoms with Crippen LogP contribution in [0.15, 0.2) is 18.2 Å². The summed E-state index contributed by atoms with van der Waals surface area (Å²) in [7, 11) is 0. The van der Waals surface area contributed by atoms with Gasteiger partial charge in [-0.1, -0.05) is 19.9 Å². The minimum atomic E-state index is -0.345. The highest BCUT2D eigenvalue weighted by molar-refractivity contribution is 5.50. The van der Waals surface area contributed by atoms with Crippen molar-refractivity contribution in [2.24, 2.45) is 0 Å². The zero-order chi connectivity index (χ0) is 13.5. The summed E-state index contributed by atoms with van der Waals surface area (Å²) in [6.07, 6.45) is 1.80. The number of hydrogen-bond donors (Lipinski definition) is 2. The van der Waals surface area contributed by atoms with Gasteiger partial charge in [0.1, 0.15) is 5.82 Å². The van der Waals surface area contributed by atoms with Gasteiger partial charge in [0.2, 0.25) is 0 Å². The Morgan fingerprint density at radius 3 is 2.33 bits per heavy atom. The molecule has 0 aliphatic heterocycles. The van der Waals surface area contributed by atoms with Crippen molar-refractivity contribution in [1.82, 2.24) is 0 Å². The maximum atomic E-state index is 14.0. The van der Waals surface area contributed by atoms with Crippen LogP contribution in [0, 0.1) is 5.82 Å². The van der Waals surface area contributed by atoms with Crippen molar-refractivity contribution in [3.8, 4) is 0 Å². The molecule has 0 fully saturated rings. The molecule has 0 atom stereocenters. The fraction of sp³-hybridized carbons (Fsp3) is 0.571.